The molecule has 0 spiro atoms. The second-order valence-corrected chi connectivity index (χ2v) is 5.60. The molecule has 2 rings (SSSR count). The number of pyridine rings is 1. The Morgan fingerprint density at radius 2 is 1.95 bits per heavy atom. The molecule has 1 aromatic heterocycles. The van der Waals surface area contributed by atoms with E-state index in [0.717, 1.165) is 37.3 Å². The molecule has 0 saturated heterocycles. The van der Waals surface area contributed by atoms with Gasteiger partial charge in [0.05, 0.1) is 0 Å². The van der Waals surface area contributed by atoms with E-state index in [4.69, 9.17) is 5.73 Å². The van der Waals surface area contributed by atoms with Crippen LogP contribution < -0.4 is 11.3 Å². The Hall–Kier alpha value is -1.13. The molecule has 20 heavy (non-hydrogen) atoms. The number of nitrogens with one attached hydrogen (secondary N) is 1. The first-order chi connectivity index (χ1) is 9.52. The van der Waals surface area contributed by atoms with E-state index < -0.39 is 0 Å². The van der Waals surface area contributed by atoms with Crippen molar-refractivity contribution in [1.29, 1.82) is 0 Å². The van der Waals surface area contributed by atoms with Crippen LogP contribution >= 0.6 is 0 Å². The first kappa shape index (κ1) is 16.9. The molecule has 3 N–H and O–H groups in total. The largest absolute Gasteiger partial charge is 0.326 e. The first-order valence-electron chi connectivity index (χ1n) is 7.68. The number of aromatic nitrogens is 1. The maximum atomic E-state index is 11.9. The van der Waals surface area contributed by atoms with Crippen molar-refractivity contribution in [2.24, 2.45) is 11.7 Å². The quantitative estimate of drug-likeness (QED) is 0.891. The third-order valence-corrected chi connectivity index (χ3v) is 3.64. The standard InChI is InChI=1S/C14H23N3O.C2H6/c1-9(2)7-17-5-4-11-12(6-15)14(18)16-10(3)13(11)8-17;1-2/h9H,4-8,15H2,1-3H3,(H,16,18);1-2H3. The first-order valence-corrected chi connectivity index (χ1v) is 7.68. The highest BCUT2D eigenvalue weighted by molar-refractivity contribution is 5.38. The average molecular weight is 279 g/mol. The van der Waals surface area contributed by atoms with Gasteiger partial charge < -0.3 is 10.7 Å². The number of nitrogens with zero attached hydrogens (tertiary/aromatic N) is 1. The molecule has 0 atom stereocenters. The third-order valence-electron chi connectivity index (χ3n) is 3.64. The molecule has 2 heterocycles. The van der Waals surface area contributed by atoms with Crippen molar-refractivity contribution >= 4 is 0 Å². The van der Waals surface area contributed by atoms with Gasteiger partial charge in [-0.2, -0.15) is 0 Å². The molecule has 0 radical (unpaired) electrons. The summed E-state index contributed by atoms with van der Waals surface area (Å²) < 4.78 is 0. The van der Waals surface area contributed by atoms with Crippen molar-refractivity contribution in [2.45, 2.75) is 54.1 Å². The highest BCUT2D eigenvalue weighted by atomic mass is 16.1. The molecule has 0 unspecified atom stereocenters. The van der Waals surface area contributed by atoms with Gasteiger partial charge in [-0.1, -0.05) is 27.7 Å². The van der Waals surface area contributed by atoms with E-state index in [1.165, 1.54) is 11.1 Å². The summed E-state index contributed by atoms with van der Waals surface area (Å²) in [5.41, 5.74) is 9.95. The van der Waals surface area contributed by atoms with Crippen molar-refractivity contribution in [3.8, 4) is 0 Å². The van der Waals surface area contributed by atoms with Crippen LogP contribution in [0.5, 0.6) is 0 Å². The Morgan fingerprint density at radius 1 is 1.30 bits per heavy atom. The van der Waals surface area contributed by atoms with Crippen LogP contribution in [0.2, 0.25) is 0 Å². The van der Waals surface area contributed by atoms with E-state index in [1.54, 1.807) is 0 Å². The second-order valence-electron chi connectivity index (χ2n) is 5.60. The van der Waals surface area contributed by atoms with Crippen LogP contribution in [0.4, 0.5) is 0 Å². The van der Waals surface area contributed by atoms with Crippen LogP contribution in [0.3, 0.4) is 0 Å². The minimum absolute atomic E-state index is 0.00828. The van der Waals surface area contributed by atoms with Gasteiger partial charge in [0.1, 0.15) is 0 Å². The van der Waals surface area contributed by atoms with Gasteiger partial charge in [-0.3, -0.25) is 9.69 Å². The molecule has 1 aliphatic heterocycles. The maximum Gasteiger partial charge on any atom is 0.252 e. The Bertz CT molecular complexity index is 491. The number of fused-ring (bicyclic) bond motifs is 1. The molecule has 0 aromatic carbocycles. The van der Waals surface area contributed by atoms with E-state index in [-0.39, 0.29) is 5.56 Å². The van der Waals surface area contributed by atoms with Crippen LogP contribution in [0.25, 0.3) is 0 Å². The highest BCUT2D eigenvalue weighted by Crippen LogP contribution is 2.22. The Labute approximate surface area is 122 Å². The van der Waals surface area contributed by atoms with E-state index >= 15 is 0 Å². The molecule has 0 saturated carbocycles. The fourth-order valence-corrected chi connectivity index (χ4v) is 2.84. The molecular formula is C16H29N3O. The Kier molecular flexibility index (Phi) is 6.43. The fraction of sp³-hybridized carbons (Fsp3) is 0.688. The molecule has 0 bridgehead atoms. The van der Waals surface area contributed by atoms with Gasteiger partial charge in [-0.15, -0.1) is 0 Å². The lowest BCUT2D eigenvalue weighted by Crippen LogP contribution is -2.36. The van der Waals surface area contributed by atoms with Crippen molar-refractivity contribution < 1.29 is 0 Å². The Balaban J connectivity index is 0.000000956. The van der Waals surface area contributed by atoms with Crippen LogP contribution in [-0.4, -0.2) is 23.0 Å². The number of hydrogen-bond donors (Lipinski definition) is 2. The lowest BCUT2D eigenvalue weighted by Gasteiger charge is -2.31. The molecular weight excluding hydrogens is 250 g/mol. The second kappa shape index (κ2) is 7.60. The molecule has 0 fully saturated rings. The van der Waals surface area contributed by atoms with E-state index in [1.807, 2.05) is 20.8 Å². The zero-order valence-electron chi connectivity index (χ0n) is 13.5. The molecule has 1 aliphatic rings. The smallest absolute Gasteiger partial charge is 0.252 e. The third kappa shape index (κ3) is 3.70. The van der Waals surface area contributed by atoms with Crippen LogP contribution in [0.15, 0.2) is 4.79 Å². The summed E-state index contributed by atoms with van der Waals surface area (Å²) in [4.78, 5) is 17.2. The highest BCUT2D eigenvalue weighted by Gasteiger charge is 2.22. The molecule has 0 aliphatic carbocycles. The summed E-state index contributed by atoms with van der Waals surface area (Å²) in [7, 11) is 0. The summed E-state index contributed by atoms with van der Waals surface area (Å²) in [6, 6.07) is 0. The summed E-state index contributed by atoms with van der Waals surface area (Å²) in [6.07, 6.45) is 0.944. The maximum absolute atomic E-state index is 11.9. The number of rotatable bonds is 3. The van der Waals surface area contributed by atoms with Gasteiger partial charge in [0, 0.05) is 37.4 Å². The van der Waals surface area contributed by atoms with Crippen LogP contribution in [0, 0.1) is 12.8 Å². The number of aromatic amines is 1. The summed E-state index contributed by atoms with van der Waals surface area (Å²) in [5.74, 6) is 0.670. The minimum atomic E-state index is -0.00828. The van der Waals surface area contributed by atoms with Gasteiger partial charge in [-0.05, 0) is 30.4 Å². The van der Waals surface area contributed by atoms with Crippen molar-refractivity contribution in [3.63, 3.8) is 0 Å². The number of H-pyrrole nitrogens is 1. The fourth-order valence-electron chi connectivity index (χ4n) is 2.84. The van der Waals surface area contributed by atoms with Gasteiger partial charge in [0.15, 0.2) is 0 Å². The number of nitrogens with two attached hydrogens (primary N) is 1. The van der Waals surface area contributed by atoms with E-state index in [9.17, 15) is 4.79 Å². The molecule has 114 valence electrons. The van der Waals surface area contributed by atoms with Crippen LogP contribution in [-0.2, 0) is 19.5 Å². The number of aryl methyl sites for hydroxylation is 1. The average Bonchev–Trinajstić information content (AvgIpc) is 2.41. The zero-order valence-corrected chi connectivity index (χ0v) is 13.5. The Morgan fingerprint density at radius 3 is 2.50 bits per heavy atom. The predicted molar refractivity (Wildman–Crippen MR) is 84.9 cm³/mol. The summed E-state index contributed by atoms with van der Waals surface area (Å²) >= 11 is 0. The van der Waals surface area contributed by atoms with Gasteiger partial charge >= 0.3 is 0 Å². The predicted octanol–water partition coefficient (Wildman–Crippen LogP) is 2.18. The van der Waals surface area contributed by atoms with Gasteiger partial charge in [0.2, 0.25) is 0 Å². The topological polar surface area (TPSA) is 62.1 Å². The molecule has 1 aromatic rings. The molecule has 0 amide bonds. The van der Waals surface area contributed by atoms with Gasteiger partial charge in [-0.25, -0.2) is 0 Å². The van der Waals surface area contributed by atoms with Crippen molar-refractivity contribution in [2.75, 3.05) is 13.1 Å². The monoisotopic (exact) mass is 279 g/mol. The zero-order chi connectivity index (χ0) is 15.3. The summed E-state index contributed by atoms with van der Waals surface area (Å²) in [6.45, 7) is 13.9. The molecule has 4 nitrogen and oxygen atoms in total. The molecule has 4 heteroatoms. The minimum Gasteiger partial charge on any atom is -0.326 e. The van der Waals surface area contributed by atoms with Crippen molar-refractivity contribution in [1.82, 2.24) is 9.88 Å². The number of hydrogen-bond acceptors (Lipinski definition) is 3. The van der Waals surface area contributed by atoms with Crippen LogP contribution in [0.1, 0.15) is 50.1 Å². The van der Waals surface area contributed by atoms with E-state index in [2.05, 4.69) is 23.7 Å². The SMILES string of the molecule is CC.Cc1[nH]c(=O)c(CN)c2c1CN(CC(C)C)CC2. The van der Waals surface area contributed by atoms with Crippen molar-refractivity contribution in [3.05, 3.63) is 32.7 Å². The normalized spacial score (nSPS) is 14.8. The van der Waals surface area contributed by atoms with E-state index in [0.29, 0.717) is 12.5 Å². The lowest BCUT2D eigenvalue weighted by molar-refractivity contribution is 0.225. The lowest BCUT2D eigenvalue weighted by atomic mass is 9.94. The summed E-state index contributed by atoms with van der Waals surface area (Å²) in [5, 5.41) is 0. The van der Waals surface area contributed by atoms with Gasteiger partial charge in [0.25, 0.3) is 5.56 Å².